The van der Waals surface area contributed by atoms with E-state index in [0.29, 0.717) is 16.8 Å². The highest BCUT2D eigenvalue weighted by Crippen LogP contribution is 2.51. The molecule has 1 fully saturated rings. The van der Waals surface area contributed by atoms with Gasteiger partial charge in [-0.1, -0.05) is 47.8 Å². The number of urea groups is 1. The van der Waals surface area contributed by atoms with Gasteiger partial charge in [0, 0.05) is 24.1 Å². The minimum atomic E-state index is -0.0246. The lowest BCUT2D eigenvalue weighted by atomic mass is 9.81. The van der Waals surface area contributed by atoms with E-state index < -0.39 is 0 Å². The molecule has 0 aromatic heterocycles. The number of hydrogen-bond acceptors (Lipinski definition) is 1. The normalized spacial score (nSPS) is 22.4. The van der Waals surface area contributed by atoms with Crippen molar-refractivity contribution in [2.45, 2.75) is 44.0 Å². The van der Waals surface area contributed by atoms with Gasteiger partial charge in [0.2, 0.25) is 0 Å². The predicted molar refractivity (Wildman–Crippen MR) is 85.2 cm³/mol. The van der Waals surface area contributed by atoms with Crippen LogP contribution in [0.15, 0.2) is 18.2 Å². The summed E-state index contributed by atoms with van der Waals surface area (Å²) in [5.41, 5.74) is 3.85. The Morgan fingerprint density at radius 3 is 2.75 bits per heavy atom. The molecule has 1 aliphatic carbocycles. The van der Waals surface area contributed by atoms with Gasteiger partial charge in [-0.3, -0.25) is 0 Å². The summed E-state index contributed by atoms with van der Waals surface area (Å²) in [6, 6.07) is 6.41. The fourth-order valence-electron chi connectivity index (χ4n) is 3.40. The van der Waals surface area contributed by atoms with Crippen molar-refractivity contribution in [2.24, 2.45) is 5.41 Å². The molecule has 1 saturated carbocycles. The SMILES string of the molecule is CN1Cc2cc(C(Br)C3(C)CCCC3)ccc2NC1=O. The van der Waals surface area contributed by atoms with Crippen LogP contribution in [-0.4, -0.2) is 18.0 Å². The molecule has 0 bridgehead atoms. The second-order valence-corrected chi connectivity index (χ2v) is 7.34. The van der Waals surface area contributed by atoms with Gasteiger partial charge in [-0.05, 0) is 35.4 Å². The minimum absolute atomic E-state index is 0.0246. The Bertz CT molecular complexity index is 537. The lowest BCUT2D eigenvalue weighted by molar-refractivity contribution is 0.218. The number of nitrogens with one attached hydrogen (secondary N) is 1. The molecule has 0 saturated heterocycles. The second-order valence-electron chi connectivity index (χ2n) is 6.43. The summed E-state index contributed by atoms with van der Waals surface area (Å²) in [6.45, 7) is 3.07. The van der Waals surface area contributed by atoms with E-state index in [0.717, 1.165) is 5.69 Å². The van der Waals surface area contributed by atoms with Crippen molar-refractivity contribution in [1.82, 2.24) is 4.90 Å². The van der Waals surface area contributed by atoms with E-state index in [1.807, 2.05) is 13.1 Å². The van der Waals surface area contributed by atoms with E-state index in [4.69, 9.17) is 0 Å². The van der Waals surface area contributed by atoms with E-state index in [-0.39, 0.29) is 6.03 Å². The van der Waals surface area contributed by atoms with Crippen molar-refractivity contribution in [3.05, 3.63) is 29.3 Å². The molecule has 3 nitrogen and oxygen atoms in total. The fourth-order valence-corrected chi connectivity index (χ4v) is 4.14. The Morgan fingerprint density at radius 2 is 2.05 bits per heavy atom. The average Bonchev–Trinajstić information content (AvgIpc) is 2.87. The molecule has 0 spiro atoms. The van der Waals surface area contributed by atoms with Crippen molar-refractivity contribution in [1.29, 1.82) is 0 Å². The molecule has 20 heavy (non-hydrogen) atoms. The van der Waals surface area contributed by atoms with E-state index in [9.17, 15) is 4.79 Å². The number of nitrogens with zero attached hydrogens (tertiary/aromatic N) is 1. The van der Waals surface area contributed by atoms with Gasteiger partial charge in [0.05, 0.1) is 0 Å². The zero-order valence-corrected chi connectivity index (χ0v) is 13.7. The number of carbonyl (C=O) groups excluding carboxylic acids is 1. The quantitative estimate of drug-likeness (QED) is 0.781. The first-order valence-electron chi connectivity index (χ1n) is 7.29. The second kappa shape index (κ2) is 5.06. The van der Waals surface area contributed by atoms with E-state index in [1.165, 1.54) is 36.8 Å². The highest BCUT2D eigenvalue weighted by Gasteiger charge is 2.36. The largest absolute Gasteiger partial charge is 0.323 e. The molecule has 2 aliphatic rings. The van der Waals surface area contributed by atoms with Crippen molar-refractivity contribution >= 4 is 27.6 Å². The van der Waals surface area contributed by atoms with Gasteiger partial charge in [-0.2, -0.15) is 0 Å². The van der Waals surface area contributed by atoms with Crippen LogP contribution in [0, 0.1) is 5.41 Å². The molecule has 1 aromatic carbocycles. The number of halogens is 1. The van der Waals surface area contributed by atoms with Crippen LogP contribution < -0.4 is 5.32 Å². The number of rotatable bonds is 2. The van der Waals surface area contributed by atoms with E-state index in [2.05, 4.69) is 40.3 Å². The van der Waals surface area contributed by atoms with Crippen LogP contribution in [0.5, 0.6) is 0 Å². The number of alkyl halides is 1. The Labute approximate surface area is 128 Å². The first-order valence-corrected chi connectivity index (χ1v) is 8.20. The summed E-state index contributed by atoms with van der Waals surface area (Å²) in [4.78, 5) is 13.8. The van der Waals surface area contributed by atoms with Crippen LogP contribution in [0.2, 0.25) is 0 Å². The molecule has 4 heteroatoms. The lowest BCUT2D eigenvalue weighted by Gasteiger charge is -2.32. The van der Waals surface area contributed by atoms with Gasteiger partial charge in [-0.15, -0.1) is 0 Å². The van der Waals surface area contributed by atoms with Crippen LogP contribution in [-0.2, 0) is 6.54 Å². The first-order chi connectivity index (χ1) is 9.49. The maximum atomic E-state index is 11.6. The van der Waals surface area contributed by atoms with Crippen molar-refractivity contribution in [3.63, 3.8) is 0 Å². The number of hydrogen-bond donors (Lipinski definition) is 1. The summed E-state index contributed by atoms with van der Waals surface area (Å²) in [6.07, 6.45) is 5.25. The molecule has 1 unspecified atom stereocenters. The van der Waals surface area contributed by atoms with E-state index in [1.54, 1.807) is 4.90 Å². The van der Waals surface area contributed by atoms with Crippen molar-refractivity contribution in [3.8, 4) is 0 Å². The monoisotopic (exact) mass is 336 g/mol. The van der Waals surface area contributed by atoms with Crippen LogP contribution in [0.1, 0.15) is 48.6 Å². The topological polar surface area (TPSA) is 32.3 Å². The smallest absolute Gasteiger partial charge is 0.321 e. The first kappa shape index (κ1) is 13.9. The maximum Gasteiger partial charge on any atom is 0.321 e. The number of fused-ring (bicyclic) bond motifs is 1. The average molecular weight is 337 g/mol. The molecule has 1 aliphatic heterocycles. The molecule has 3 rings (SSSR count). The van der Waals surface area contributed by atoms with Gasteiger partial charge in [0.15, 0.2) is 0 Å². The van der Waals surface area contributed by atoms with Gasteiger partial charge in [0.25, 0.3) is 0 Å². The molecular formula is C16H21BrN2O. The molecule has 1 aromatic rings. The Balaban J connectivity index is 1.89. The zero-order chi connectivity index (χ0) is 14.3. The number of benzene rings is 1. The fraction of sp³-hybridized carbons (Fsp3) is 0.562. The highest BCUT2D eigenvalue weighted by molar-refractivity contribution is 9.09. The summed E-state index contributed by atoms with van der Waals surface area (Å²) < 4.78 is 0. The van der Waals surface area contributed by atoms with Gasteiger partial charge < -0.3 is 10.2 Å². The van der Waals surface area contributed by atoms with Gasteiger partial charge in [-0.25, -0.2) is 4.79 Å². The zero-order valence-electron chi connectivity index (χ0n) is 12.1. The minimum Gasteiger partial charge on any atom is -0.323 e. The van der Waals surface area contributed by atoms with Crippen LogP contribution in [0.4, 0.5) is 10.5 Å². The standard InChI is InChI=1S/C16H21BrN2O/c1-16(7-3-4-8-16)14(17)11-5-6-13-12(9-11)10-19(2)15(20)18-13/h5-6,9,14H,3-4,7-8,10H2,1-2H3,(H,18,20). The molecule has 1 atom stereocenters. The molecule has 108 valence electrons. The summed E-state index contributed by atoms with van der Waals surface area (Å²) in [7, 11) is 1.83. The molecule has 2 amide bonds. The van der Waals surface area contributed by atoms with Crippen LogP contribution in [0.3, 0.4) is 0 Å². The summed E-state index contributed by atoms with van der Waals surface area (Å²) in [5.74, 6) is 0. The molecule has 1 N–H and O–H groups in total. The Kier molecular flexibility index (Phi) is 3.53. The molecule has 1 heterocycles. The van der Waals surface area contributed by atoms with Crippen molar-refractivity contribution in [2.75, 3.05) is 12.4 Å². The summed E-state index contributed by atoms with van der Waals surface area (Å²) in [5, 5.41) is 2.93. The Morgan fingerprint density at radius 1 is 1.35 bits per heavy atom. The third-order valence-corrected chi connectivity index (χ3v) is 6.41. The Hall–Kier alpha value is -1.03. The van der Waals surface area contributed by atoms with Crippen molar-refractivity contribution < 1.29 is 4.79 Å². The number of amides is 2. The third-order valence-electron chi connectivity index (χ3n) is 4.78. The maximum absolute atomic E-state index is 11.6. The predicted octanol–water partition coefficient (Wildman–Crippen LogP) is 4.68. The number of carbonyl (C=O) groups is 1. The van der Waals surface area contributed by atoms with Gasteiger partial charge >= 0.3 is 6.03 Å². The van der Waals surface area contributed by atoms with Crippen LogP contribution in [0.25, 0.3) is 0 Å². The molecular weight excluding hydrogens is 316 g/mol. The summed E-state index contributed by atoms with van der Waals surface area (Å²) >= 11 is 3.92. The highest BCUT2D eigenvalue weighted by atomic mass is 79.9. The third kappa shape index (κ3) is 2.34. The van der Waals surface area contributed by atoms with Gasteiger partial charge in [0.1, 0.15) is 0 Å². The van der Waals surface area contributed by atoms with Crippen LogP contribution >= 0.6 is 15.9 Å². The molecule has 0 radical (unpaired) electrons. The van der Waals surface area contributed by atoms with E-state index >= 15 is 0 Å². The number of anilines is 1. The lowest BCUT2D eigenvalue weighted by Crippen LogP contribution is -2.35.